The topological polar surface area (TPSA) is 90.8 Å². The van der Waals surface area contributed by atoms with E-state index in [1.165, 1.54) is 13.0 Å². The predicted octanol–water partition coefficient (Wildman–Crippen LogP) is 4.39. The number of carboxylic acids is 1. The summed E-state index contributed by atoms with van der Waals surface area (Å²) in [5.74, 6) is -2.81. The lowest BCUT2D eigenvalue weighted by Crippen LogP contribution is -2.26. The number of halogens is 2. The molecule has 0 aliphatic rings. The first-order valence-corrected chi connectivity index (χ1v) is 8.13. The normalized spacial score (nSPS) is 13.0. The third kappa shape index (κ3) is 7.23. The number of benzene rings is 1. The van der Waals surface area contributed by atoms with Crippen LogP contribution in [0.4, 0.5) is 19.3 Å². The van der Waals surface area contributed by atoms with Crippen LogP contribution in [-0.2, 0) is 4.79 Å². The standard InChI is InChI=1S/C19H21F2N3O3/c1-4-6-8-17(18(25)26)16(7-5-2)12(3)23-24-19(27)22-15-10-13(20)9-14(21)11-15/h4,6-11H,5H2,1-3H3,(H,25,26)(H2,22,24,27)/b6-4-,16-7+,17-8+,23-12+. The molecule has 0 aliphatic carbocycles. The fraction of sp³-hybridized carbons (Fsp3) is 0.211. The number of anilines is 1. The zero-order valence-electron chi connectivity index (χ0n) is 15.2. The Morgan fingerprint density at radius 2 is 1.81 bits per heavy atom. The van der Waals surface area contributed by atoms with Gasteiger partial charge in [0.15, 0.2) is 0 Å². The Labute approximate surface area is 156 Å². The maximum atomic E-state index is 13.1. The number of amides is 2. The summed E-state index contributed by atoms with van der Waals surface area (Å²) < 4.78 is 26.3. The molecule has 0 aromatic heterocycles. The highest BCUT2D eigenvalue weighted by Crippen LogP contribution is 2.15. The fourth-order valence-corrected chi connectivity index (χ4v) is 2.11. The number of aliphatic carboxylic acids is 1. The highest BCUT2D eigenvalue weighted by Gasteiger charge is 2.15. The Balaban J connectivity index is 2.97. The van der Waals surface area contributed by atoms with Crippen LogP contribution in [0.3, 0.4) is 0 Å². The van der Waals surface area contributed by atoms with Gasteiger partial charge < -0.3 is 10.4 Å². The van der Waals surface area contributed by atoms with Crippen LogP contribution in [0, 0.1) is 11.6 Å². The maximum absolute atomic E-state index is 13.1. The van der Waals surface area contributed by atoms with Gasteiger partial charge in [-0.1, -0.05) is 25.2 Å². The lowest BCUT2D eigenvalue weighted by atomic mass is 10.0. The van der Waals surface area contributed by atoms with E-state index >= 15 is 0 Å². The van der Waals surface area contributed by atoms with Gasteiger partial charge in [-0.25, -0.2) is 23.8 Å². The van der Waals surface area contributed by atoms with Gasteiger partial charge in [-0.15, -0.1) is 0 Å². The second-order valence-corrected chi connectivity index (χ2v) is 5.36. The van der Waals surface area contributed by atoms with Gasteiger partial charge in [0.1, 0.15) is 11.6 Å². The number of carbonyl (C=O) groups excluding carboxylic acids is 1. The minimum absolute atomic E-state index is 0.0191. The van der Waals surface area contributed by atoms with Crippen molar-refractivity contribution in [3.05, 3.63) is 65.3 Å². The smallest absolute Gasteiger partial charge is 0.339 e. The van der Waals surface area contributed by atoms with Crippen molar-refractivity contribution in [3.8, 4) is 0 Å². The second-order valence-electron chi connectivity index (χ2n) is 5.36. The van der Waals surface area contributed by atoms with Crippen molar-refractivity contribution < 1.29 is 23.5 Å². The number of allylic oxidation sites excluding steroid dienone is 4. The second kappa shape index (κ2) is 10.6. The van der Waals surface area contributed by atoms with Gasteiger partial charge in [0.25, 0.3) is 0 Å². The van der Waals surface area contributed by atoms with E-state index in [4.69, 9.17) is 0 Å². The van der Waals surface area contributed by atoms with Crippen molar-refractivity contribution in [1.82, 2.24) is 5.43 Å². The van der Waals surface area contributed by atoms with Crippen molar-refractivity contribution in [1.29, 1.82) is 0 Å². The molecule has 0 unspecified atom stereocenters. The van der Waals surface area contributed by atoms with Crippen molar-refractivity contribution in [2.45, 2.75) is 27.2 Å². The number of nitrogens with one attached hydrogen (secondary N) is 2. The number of hydrogen-bond donors (Lipinski definition) is 3. The molecule has 3 N–H and O–H groups in total. The van der Waals surface area contributed by atoms with E-state index in [0.717, 1.165) is 12.1 Å². The Hall–Kier alpha value is -3.29. The van der Waals surface area contributed by atoms with Gasteiger partial charge in [0, 0.05) is 17.3 Å². The van der Waals surface area contributed by atoms with Crippen molar-refractivity contribution in [2.75, 3.05) is 5.32 Å². The van der Waals surface area contributed by atoms with Gasteiger partial charge in [-0.05, 0) is 38.5 Å². The number of carbonyl (C=O) groups is 2. The molecule has 1 aromatic carbocycles. The summed E-state index contributed by atoms with van der Waals surface area (Å²) >= 11 is 0. The molecule has 0 radical (unpaired) electrons. The Kier molecular flexibility index (Phi) is 8.58. The van der Waals surface area contributed by atoms with Gasteiger partial charge >= 0.3 is 12.0 Å². The summed E-state index contributed by atoms with van der Waals surface area (Å²) in [5, 5.41) is 15.5. The minimum atomic E-state index is -1.14. The number of hydrazone groups is 1. The van der Waals surface area contributed by atoms with Gasteiger partial charge in [0.05, 0.1) is 11.3 Å². The van der Waals surface area contributed by atoms with E-state index in [2.05, 4.69) is 15.8 Å². The summed E-state index contributed by atoms with van der Waals surface area (Å²) in [6, 6.07) is 1.75. The first-order chi connectivity index (χ1) is 12.8. The van der Waals surface area contributed by atoms with E-state index in [0.29, 0.717) is 18.1 Å². The molecule has 0 atom stereocenters. The van der Waals surface area contributed by atoms with Crippen LogP contribution in [0.2, 0.25) is 0 Å². The molecule has 1 rings (SSSR count). The Bertz CT molecular complexity index is 807. The van der Waals surface area contributed by atoms with E-state index in [1.54, 1.807) is 25.2 Å². The SMILES string of the molecule is C\C=C/C=C(C(=O)O)\C(=C\CC)C(\C)=N\NC(=O)Nc1cc(F)cc(F)c1. The molecule has 0 saturated carbocycles. The monoisotopic (exact) mass is 377 g/mol. The predicted molar refractivity (Wildman–Crippen MR) is 101 cm³/mol. The number of urea groups is 1. The van der Waals surface area contributed by atoms with E-state index < -0.39 is 23.6 Å². The fourth-order valence-electron chi connectivity index (χ4n) is 2.11. The summed E-state index contributed by atoms with van der Waals surface area (Å²) in [7, 11) is 0. The molecular weight excluding hydrogens is 356 g/mol. The average molecular weight is 377 g/mol. The number of nitrogens with zero attached hydrogens (tertiary/aromatic N) is 1. The molecule has 6 nitrogen and oxygen atoms in total. The van der Waals surface area contributed by atoms with Crippen LogP contribution >= 0.6 is 0 Å². The van der Waals surface area contributed by atoms with E-state index in [1.807, 2.05) is 6.92 Å². The number of carboxylic acid groups (broad SMARTS) is 1. The number of rotatable bonds is 7. The highest BCUT2D eigenvalue weighted by molar-refractivity contribution is 6.11. The zero-order chi connectivity index (χ0) is 20.4. The van der Waals surface area contributed by atoms with Crippen LogP contribution in [0.25, 0.3) is 0 Å². The van der Waals surface area contributed by atoms with Crippen LogP contribution in [-0.4, -0.2) is 22.8 Å². The summed E-state index contributed by atoms with van der Waals surface area (Å²) in [6.45, 7) is 5.12. The third-order valence-corrected chi connectivity index (χ3v) is 3.22. The Morgan fingerprint density at radius 3 is 2.33 bits per heavy atom. The minimum Gasteiger partial charge on any atom is -0.478 e. The van der Waals surface area contributed by atoms with E-state index in [-0.39, 0.29) is 17.0 Å². The van der Waals surface area contributed by atoms with Crippen LogP contribution in [0.5, 0.6) is 0 Å². The van der Waals surface area contributed by atoms with Gasteiger partial charge in [-0.2, -0.15) is 5.10 Å². The quantitative estimate of drug-likeness (QED) is 0.285. The van der Waals surface area contributed by atoms with Crippen LogP contribution in [0.1, 0.15) is 27.2 Å². The zero-order valence-corrected chi connectivity index (χ0v) is 15.2. The molecule has 27 heavy (non-hydrogen) atoms. The van der Waals surface area contributed by atoms with E-state index in [9.17, 15) is 23.5 Å². The number of hydrogen-bond acceptors (Lipinski definition) is 3. The van der Waals surface area contributed by atoms with Crippen LogP contribution < -0.4 is 10.7 Å². The summed E-state index contributed by atoms with van der Waals surface area (Å²) in [5.41, 5.74) is 2.72. The third-order valence-electron chi connectivity index (χ3n) is 3.22. The molecule has 0 fully saturated rings. The molecule has 0 heterocycles. The highest BCUT2D eigenvalue weighted by atomic mass is 19.1. The Morgan fingerprint density at radius 1 is 1.19 bits per heavy atom. The van der Waals surface area contributed by atoms with Gasteiger partial charge in [-0.3, -0.25) is 0 Å². The molecule has 2 amide bonds. The van der Waals surface area contributed by atoms with Crippen molar-refractivity contribution in [3.63, 3.8) is 0 Å². The van der Waals surface area contributed by atoms with Crippen molar-refractivity contribution >= 4 is 23.4 Å². The molecule has 144 valence electrons. The molecule has 0 saturated heterocycles. The lowest BCUT2D eigenvalue weighted by Gasteiger charge is -2.09. The average Bonchev–Trinajstić information content (AvgIpc) is 2.57. The van der Waals surface area contributed by atoms with Gasteiger partial charge in [0.2, 0.25) is 0 Å². The summed E-state index contributed by atoms with van der Waals surface area (Å²) in [6.07, 6.45) is 6.92. The first kappa shape index (κ1) is 21.8. The molecule has 0 bridgehead atoms. The molecular formula is C19H21F2N3O3. The molecule has 1 aromatic rings. The van der Waals surface area contributed by atoms with Crippen molar-refractivity contribution in [2.24, 2.45) is 5.10 Å². The molecule has 0 spiro atoms. The molecule has 8 heteroatoms. The summed E-state index contributed by atoms with van der Waals surface area (Å²) in [4.78, 5) is 23.4. The van der Waals surface area contributed by atoms with Crippen LogP contribution in [0.15, 0.2) is 58.8 Å². The largest absolute Gasteiger partial charge is 0.478 e. The maximum Gasteiger partial charge on any atom is 0.339 e. The molecule has 0 aliphatic heterocycles. The first-order valence-electron chi connectivity index (χ1n) is 8.13. The lowest BCUT2D eigenvalue weighted by molar-refractivity contribution is -0.132.